The maximum Gasteiger partial charge on any atom is 0.0913 e. The molecule has 1 N–H and O–H groups in total. The third kappa shape index (κ3) is 1.60. The maximum absolute atomic E-state index is 9.71. The second kappa shape index (κ2) is 4.18. The van der Waals surface area contributed by atoms with Gasteiger partial charge >= 0.3 is 0 Å². The van der Waals surface area contributed by atoms with Gasteiger partial charge in [0.05, 0.1) is 22.9 Å². The van der Waals surface area contributed by atoms with Crippen LogP contribution in [0.25, 0.3) is 5.57 Å². The Kier molecular flexibility index (Phi) is 2.44. The number of fused-ring (bicyclic) bond motifs is 3. The van der Waals surface area contributed by atoms with Gasteiger partial charge in [-0.25, -0.2) is 4.99 Å². The number of benzene rings is 1. The molecule has 20 heavy (non-hydrogen) atoms. The third-order valence-electron chi connectivity index (χ3n) is 4.12. The molecular formula is C17H16N2O. The lowest BCUT2D eigenvalue weighted by atomic mass is 9.98. The Morgan fingerprint density at radius 2 is 2.10 bits per heavy atom. The molecule has 0 radical (unpaired) electrons. The summed E-state index contributed by atoms with van der Waals surface area (Å²) in [4.78, 5) is 6.99. The first-order valence-corrected chi connectivity index (χ1v) is 7.00. The van der Waals surface area contributed by atoms with E-state index in [9.17, 15) is 5.11 Å². The van der Waals surface area contributed by atoms with Gasteiger partial charge in [0.15, 0.2) is 0 Å². The van der Waals surface area contributed by atoms with Crippen LogP contribution in [-0.2, 0) is 0 Å². The summed E-state index contributed by atoms with van der Waals surface area (Å²) >= 11 is 0. The number of rotatable bonds is 1. The minimum Gasteiger partial charge on any atom is -0.389 e. The van der Waals surface area contributed by atoms with Crippen molar-refractivity contribution < 1.29 is 5.11 Å². The molecule has 3 heteroatoms. The Morgan fingerprint density at radius 1 is 1.25 bits per heavy atom. The van der Waals surface area contributed by atoms with Crippen molar-refractivity contribution in [3.63, 3.8) is 0 Å². The first-order chi connectivity index (χ1) is 9.74. The largest absolute Gasteiger partial charge is 0.389 e. The van der Waals surface area contributed by atoms with Gasteiger partial charge in [-0.2, -0.15) is 0 Å². The molecule has 100 valence electrons. The molecule has 0 bridgehead atoms. The van der Waals surface area contributed by atoms with Gasteiger partial charge in [0.1, 0.15) is 0 Å². The van der Waals surface area contributed by atoms with E-state index in [4.69, 9.17) is 4.99 Å². The number of nitrogens with zero attached hydrogens (tertiary/aromatic N) is 2. The van der Waals surface area contributed by atoms with E-state index in [1.54, 1.807) is 6.92 Å². The van der Waals surface area contributed by atoms with Gasteiger partial charge in [-0.3, -0.25) is 0 Å². The summed E-state index contributed by atoms with van der Waals surface area (Å²) in [6, 6.07) is 8.33. The van der Waals surface area contributed by atoms with Gasteiger partial charge in [-0.15, -0.1) is 0 Å². The highest BCUT2D eigenvalue weighted by atomic mass is 16.3. The van der Waals surface area contributed by atoms with E-state index in [1.807, 2.05) is 18.3 Å². The highest BCUT2D eigenvalue weighted by Gasteiger charge is 2.26. The Hall–Kier alpha value is -2.13. The summed E-state index contributed by atoms with van der Waals surface area (Å²) in [6.07, 6.45) is 6.68. The lowest BCUT2D eigenvalue weighted by Crippen LogP contribution is -2.28. The number of aliphatic hydroxyl groups is 1. The first-order valence-electron chi connectivity index (χ1n) is 7.00. The summed E-state index contributed by atoms with van der Waals surface area (Å²) in [6.45, 7) is 2.74. The number of hydrogen-bond donors (Lipinski definition) is 1. The fourth-order valence-electron chi connectivity index (χ4n) is 3.05. The zero-order chi connectivity index (χ0) is 13.7. The second-order valence-electron chi connectivity index (χ2n) is 5.42. The zero-order valence-corrected chi connectivity index (χ0v) is 11.4. The van der Waals surface area contributed by atoms with Crippen molar-refractivity contribution in [2.75, 3.05) is 6.54 Å². The van der Waals surface area contributed by atoms with Gasteiger partial charge in [0.2, 0.25) is 0 Å². The molecule has 0 aliphatic carbocycles. The molecule has 0 saturated heterocycles. The van der Waals surface area contributed by atoms with Crippen molar-refractivity contribution in [1.82, 2.24) is 4.90 Å². The Bertz CT molecular complexity index is 797. The second-order valence-corrected chi connectivity index (χ2v) is 5.42. The van der Waals surface area contributed by atoms with Crippen LogP contribution in [0.1, 0.15) is 13.3 Å². The van der Waals surface area contributed by atoms with E-state index in [0.29, 0.717) is 0 Å². The highest BCUT2D eigenvalue weighted by Crippen LogP contribution is 2.33. The normalized spacial score (nSPS) is 21.0. The minimum atomic E-state index is -0.430. The molecule has 1 atom stereocenters. The zero-order valence-electron chi connectivity index (χ0n) is 11.4. The number of aliphatic hydroxyl groups excluding tert-OH is 1. The van der Waals surface area contributed by atoms with E-state index < -0.39 is 6.10 Å². The van der Waals surface area contributed by atoms with Crippen LogP contribution in [0, 0.1) is 0 Å². The van der Waals surface area contributed by atoms with Crippen LogP contribution in [-0.4, -0.2) is 22.7 Å². The van der Waals surface area contributed by atoms with E-state index in [-0.39, 0.29) is 0 Å². The summed E-state index contributed by atoms with van der Waals surface area (Å²) in [5.74, 6) is 0. The van der Waals surface area contributed by atoms with E-state index in [0.717, 1.165) is 35.3 Å². The number of hydrogen-bond acceptors (Lipinski definition) is 3. The van der Waals surface area contributed by atoms with Crippen LogP contribution in [0.2, 0.25) is 0 Å². The molecular weight excluding hydrogens is 248 g/mol. The molecule has 4 rings (SSSR count). The van der Waals surface area contributed by atoms with Gasteiger partial charge in [0.25, 0.3) is 0 Å². The van der Waals surface area contributed by atoms with Crippen LogP contribution in [0.4, 0.5) is 0 Å². The van der Waals surface area contributed by atoms with E-state index >= 15 is 0 Å². The summed E-state index contributed by atoms with van der Waals surface area (Å²) in [5.41, 5.74) is 4.54. The van der Waals surface area contributed by atoms with Crippen LogP contribution in [0.3, 0.4) is 0 Å². The molecule has 0 amide bonds. The van der Waals surface area contributed by atoms with E-state index in [2.05, 4.69) is 29.2 Å². The SMILES string of the molecule is CC(O)C1=CN2CCC3=c4ccccc4=NC3=C2C=C1. The summed E-state index contributed by atoms with van der Waals surface area (Å²) in [7, 11) is 0. The maximum atomic E-state index is 9.71. The predicted molar refractivity (Wildman–Crippen MR) is 77.9 cm³/mol. The monoisotopic (exact) mass is 264 g/mol. The number of allylic oxidation sites excluding steroid dienone is 2. The van der Waals surface area contributed by atoms with Gasteiger partial charge in [0, 0.05) is 18.0 Å². The van der Waals surface area contributed by atoms with Gasteiger partial charge in [-0.1, -0.05) is 24.3 Å². The fourth-order valence-corrected chi connectivity index (χ4v) is 3.05. The molecule has 0 fully saturated rings. The van der Waals surface area contributed by atoms with Crippen LogP contribution < -0.4 is 10.6 Å². The quantitative estimate of drug-likeness (QED) is 0.828. The first kappa shape index (κ1) is 11.7. The van der Waals surface area contributed by atoms with Crippen molar-refractivity contribution in [1.29, 1.82) is 0 Å². The van der Waals surface area contributed by atoms with Crippen molar-refractivity contribution in [2.45, 2.75) is 19.4 Å². The molecule has 1 aromatic rings. The lowest BCUT2D eigenvalue weighted by Gasteiger charge is -2.32. The summed E-state index contributed by atoms with van der Waals surface area (Å²) < 4.78 is 0. The van der Waals surface area contributed by atoms with Crippen molar-refractivity contribution in [3.05, 3.63) is 70.2 Å². The molecule has 1 aromatic carbocycles. The summed E-state index contributed by atoms with van der Waals surface area (Å²) in [5, 5.41) is 12.1. The standard InChI is InChI=1S/C17H16N2O/c1-11(20)12-6-7-16-17-14(8-9-19(16)10-12)13-4-2-3-5-15(13)18-17/h2-7,10-11,20H,8-9H2,1H3. The Morgan fingerprint density at radius 3 is 2.95 bits per heavy atom. The van der Waals surface area contributed by atoms with Gasteiger partial charge in [-0.05, 0) is 36.6 Å². The number of para-hydroxylation sites is 1. The fraction of sp³-hybridized carbons (Fsp3) is 0.235. The van der Waals surface area contributed by atoms with Crippen molar-refractivity contribution >= 4 is 5.57 Å². The van der Waals surface area contributed by atoms with Crippen LogP contribution in [0.15, 0.2) is 64.6 Å². The van der Waals surface area contributed by atoms with Crippen molar-refractivity contribution in [3.8, 4) is 0 Å². The molecule has 3 heterocycles. The average molecular weight is 264 g/mol. The van der Waals surface area contributed by atoms with Gasteiger partial charge < -0.3 is 10.0 Å². The lowest BCUT2D eigenvalue weighted by molar-refractivity contribution is 0.231. The smallest absolute Gasteiger partial charge is 0.0913 e. The van der Waals surface area contributed by atoms with Crippen molar-refractivity contribution in [2.24, 2.45) is 4.99 Å². The Balaban J connectivity index is 1.90. The third-order valence-corrected chi connectivity index (χ3v) is 4.12. The Labute approximate surface area is 117 Å². The molecule has 1 unspecified atom stereocenters. The molecule has 0 aromatic heterocycles. The van der Waals surface area contributed by atoms with E-state index in [1.165, 1.54) is 10.8 Å². The molecule has 3 aliphatic heterocycles. The van der Waals surface area contributed by atoms with Crippen LogP contribution >= 0.6 is 0 Å². The predicted octanol–water partition coefficient (Wildman–Crippen LogP) is 1.22. The molecule has 0 spiro atoms. The molecule has 0 saturated carbocycles. The minimum absolute atomic E-state index is 0.430. The topological polar surface area (TPSA) is 35.8 Å². The molecule has 3 nitrogen and oxygen atoms in total. The molecule has 3 aliphatic rings. The van der Waals surface area contributed by atoms with Crippen LogP contribution in [0.5, 0.6) is 0 Å². The average Bonchev–Trinajstić information content (AvgIpc) is 2.85. The highest BCUT2D eigenvalue weighted by molar-refractivity contribution is 5.70.